The molecule has 0 saturated carbocycles. The number of ether oxygens (including phenoxy) is 1. The van der Waals surface area contributed by atoms with Crippen LogP contribution >= 0.6 is 0 Å². The summed E-state index contributed by atoms with van der Waals surface area (Å²) in [5, 5.41) is 19.4. The molecule has 0 rings (SSSR count). The molecule has 0 radical (unpaired) electrons. The standard InChI is InChI=1S/C5H13NO3/c1-9-3-2-6-4-5(7)8/h5-8H,2-4H2,1H3. The largest absolute Gasteiger partial charge is 0.383 e. The lowest BCUT2D eigenvalue weighted by molar-refractivity contribution is -0.0376. The van der Waals surface area contributed by atoms with Crippen molar-refractivity contribution in [3.05, 3.63) is 0 Å². The van der Waals surface area contributed by atoms with Crippen molar-refractivity contribution < 1.29 is 14.9 Å². The molecule has 0 heterocycles. The van der Waals surface area contributed by atoms with Crippen LogP contribution in [-0.2, 0) is 4.74 Å². The van der Waals surface area contributed by atoms with E-state index in [0.29, 0.717) is 13.2 Å². The molecule has 0 aromatic rings. The molecule has 0 aromatic carbocycles. The molecule has 0 unspecified atom stereocenters. The average Bonchev–Trinajstić information content (AvgIpc) is 1.80. The predicted octanol–water partition coefficient (Wildman–Crippen LogP) is -1.47. The van der Waals surface area contributed by atoms with E-state index < -0.39 is 6.29 Å². The quantitative estimate of drug-likeness (QED) is 0.318. The number of hydrogen-bond acceptors (Lipinski definition) is 4. The molecule has 4 nitrogen and oxygen atoms in total. The summed E-state index contributed by atoms with van der Waals surface area (Å²) in [5.41, 5.74) is 0. The third-order valence-electron chi connectivity index (χ3n) is 0.810. The minimum absolute atomic E-state index is 0.198. The highest BCUT2D eigenvalue weighted by Crippen LogP contribution is 1.69. The summed E-state index contributed by atoms with van der Waals surface area (Å²) < 4.78 is 4.70. The van der Waals surface area contributed by atoms with Crippen LogP contribution < -0.4 is 5.32 Å². The zero-order valence-electron chi connectivity index (χ0n) is 5.50. The summed E-state index contributed by atoms with van der Waals surface area (Å²) in [6.07, 6.45) is -1.26. The molecule has 56 valence electrons. The first-order valence-corrected chi connectivity index (χ1v) is 2.83. The van der Waals surface area contributed by atoms with Crippen LogP contribution in [0.2, 0.25) is 0 Å². The van der Waals surface area contributed by atoms with E-state index in [0.717, 1.165) is 0 Å². The third kappa shape index (κ3) is 7.84. The van der Waals surface area contributed by atoms with Crippen LogP contribution in [0.3, 0.4) is 0 Å². The van der Waals surface area contributed by atoms with Gasteiger partial charge in [-0.3, -0.25) is 0 Å². The summed E-state index contributed by atoms with van der Waals surface area (Å²) >= 11 is 0. The lowest BCUT2D eigenvalue weighted by atomic mass is 10.6. The lowest BCUT2D eigenvalue weighted by Gasteiger charge is -2.03. The van der Waals surface area contributed by atoms with Crippen molar-refractivity contribution in [2.24, 2.45) is 0 Å². The Labute approximate surface area is 54.5 Å². The predicted molar refractivity (Wildman–Crippen MR) is 33.0 cm³/mol. The van der Waals surface area contributed by atoms with Crippen LogP contribution in [0.4, 0.5) is 0 Å². The average molecular weight is 135 g/mol. The minimum atomic E-state index is -1.26. The SMILES string of the molecule is COCCNCC(O)O. The maximum atomic E-state index is 8.30. The Morgan fingerprint density at radius 1 is 1.56 bits per heavy atom. The molecule has 4 heteroatoms. The lowest BCUT2D eigenvalue weighted by Crippen LogP contribution is -2.28. The number of aliphatic hydroxyl groups excluding tert-OH is 1. The third-order valence-corrected chi connectivity index (χ3v) is 0.810. The van der Waals surface area contributed by atoms with Crippen molar-refractivity contribution in [3.63, 3.8) is 0 Å². The van der Waals surface area contributed by atoms with Gasteiger partial charge in [-0.25, -0.2) is 0 Å². The van der Waals surface area contributed by atoms with E-state index in [-0.39, 0.29) is 6.54 Å². The summed E-state index contributed by atoms with van der Waals surface area (Å²) in [6, 6.07) is 0. The summed E-state index contributed by atoms with van der Waals surface area (Å²) in [7, 11) is 1.59. The molecule has 0 amide bonds. The Morgan fingerprint density at radius 3 is 2.67 bits per heavy atom. The van der Waals surface area contributed by atoms with Gasteiger partial charge in [0.25, 0.3) is 0 Å². The van der Waals surface area contributed by atoms with Gasteiger partial charge in [0.1, 0.15) is 0 Å². The molecule has 0 spiro atoms. The van der Waals surface area contributed by atoms with Gasteiger partial charge in [-0.1, -0.05) is 0 Å². The Hall–Kier alpha value is -0.160. The summed E-state index contributed by atoms with van der Waals surface area (Å²) in [6.45, 7) is 1.43. The highest BCUT2D eigenvalue weighted by Gasteiger charge is 1.93. The second kappa shape index (κ2) is 5.97. The molecule has 3 N–H and O–H groups in total. The zero-order chi connectivity index (χ0) is 7.11. The van der Waals surface area contributed by atoms with Crippen molar-refractivity contribution >= 4 is 0 Å². The molecule has 0 aliphatic rings. The van der Waals surface area contributed by atoms with E-state index in [4.69, 9.17) is 14.9 Å². The highest BCUT2D eigenvalue weighted by atomic mass is 16.5. The van der Waals surface area contributed by atoms with Crippen LogP contribution in [0, 0.1) is 0 Å². The first-order valence-electron chi connectivity index (χ1n) is 2.83. The molecular weight excluding hydrogens is 122 g/mol. The van der Waals surface area contributed by atoms with E-state index in [9.17, 15) is 0 Å². The Morgan fingerprint density at radius 2 is 2.22 bits per heavy atom. The van der Waals surface area contributed by atoms with Crippen LogP contribution in [0.25, 0.3) is 0 Å². The van der Waals surface area contributed by atoms with Crippen LogP contribution in [-0.4, -0.2) is 43.3 Å². The maximum absolute atomic E-state index is 8.30. The van der Waals surface area contributed by atoms with Crippen molar-refractivity contribution in [1.82, 2.24) is 5.32 Å². The van der Waals surface area contributed by atoms with E-state index >= 15 is 0 Å². The van der Waals surface area contributed by atoms with E-state index in [1.165, 1.54) is 0 Å². The fraction of sp³-hybridized carbons (Fsp3) is 1.00. The van der Waals surface area contributed by atoms with E-state index in [2.05, 4.69) is 5.32 Å². The monoisotopic (exact) mass is 135 g/mol. The van der Waals surface area contributed by atoms with Gasteiger partial charge < -0.3 is 20.3 Å². The van der Waals surface area contributed by atoms with Gasteiger partial charge in [0.2, 0.25) is 0 Å². The van der Waals surface area contributed by atoms with E-state index in [1.54, 1.807) is 7.11 Å². The molecule has 0 aliphatic carbocycles. The van der Waals surface area contributed by atoms with Gasteiger partial charge >= 0.3 is 0 Å². The molecule has 0 aromatic heterocycles. The van der Waals surface area contributed by atoms with Crippen molar-refractivity contribution in [2.75, 3.05) is 26.8 Å². The van der Waals surface area contributed by atoms with Gasteiger partial charge in [0.15, 0.2) is 6.29 Å². The van der Waals surface area contributed by atoms with Gasteiger partial charge in [-0.05, 0) is 0 Å². The van der Waals surface area contributed by atoms with Crippen LogP contribution in [0.1, 0.15) is 0 Å². The fourth-order valence-corrected chi connectivity index (χ4v) is 0.405. The first kappa shape index (κ1) is 8.84. The Balaban J connectivity index is 2.75. The number of aliphatic hydroxyl groups is 2. The molecule has 0 saturated heterocycles. The number of nitrogens with one attached hydrogen (secondary N) is 1. The molecule has 0 aliphatic heterocycles. The minimum Gasteiger partial charge on any atom is -0.383 e. The summed E-state index contributed by atoms with van der Waals surface area (Å²) in [4.78, 5) is 0. The second-order valence-corrected chi connectivity index (χ2v) is 1.68. The fourth-order valence-electron chi connectivity index (χ4n) is 0.405. The normalized spacial score (nSPS) is 10.7. The first-order chi connectivity index (χ1) is 4.27. The smallest absolute Gasteiger partial charge is 0.164 e. The Bertz CT molecular complexity index is 58.2. The van der Waals surface area contributed by atoms with Gasteiger partial charge in [-0.15, -0.1) is 0 Å². The second-order valence-electron chi connectivity index (χ2n) is 1.68. The molecule has 9 heavy (non-hydrogen) atoms. The van der Waals surface area contributed by atoms with Gasteiger partial charge in [0.05, 0.1) is 6.61 Å². The van der Waals surface area contributed by atoms with Crippen molar-refractivity contribution in [3.8, 4) is 0 Å². The molecule has 0 fully saturated rings. The maximum Gasteiger partial charge on any atom is 0.164 e. The number of rotatable bonds is 5. The van der Waals surface area contributed by atoms with Crippen molar-refractivity contribution in [2.45, 2.75) is 6.29 Å². The topological polar surface area (TPSA) is 61.7 Å². The Kier molecular flexibility index (Phi) is 5.86. The molecule has 0 atom stereocenters. The highest BCUT2D eigenvalue weighted by molar-refractivity contribution is 4.45. The number of hydrogen-bond donors (Lipinski definition) is 3. The molecular formula is C5H13NO3. The molecule has 0 bridgehead atoms. The zero-order valence-corrected chi connectivity index (χ0v) is 5.50. The van der Waals surface area contributed by atoms with Gasteiger partial charge in [0, 0.05) is 20.2 Å². The van der Waals surface area contributed by atoms with Crippen molar-refractivity contribution in [1.29, 1.82) is 0 Å². The van der Waals surface area contributed by atoms with Crippen LogP contribution in [0.15, 0.2) is 0 Å². The van der Waals surface area contributed by atoms with E-state index in [1.807, 2.05) is 0 Å². The van der Waals surface area contributed by atoms with Crippen LogP contribution in [0.5, 0.6) is 0 Å². The van der Waals surface area contributed by atoms with Gasteiger partial charge in [-0.2, -0.15) is 0 Å². The summed E-state index contributed by atoms with van der Waals surface area (Å²) in [5.74, 6) is 0. The number of methoxy groups -OCH3 is 1.